The third-order valence-electron chi connectivity index (χ3n) is 3.03. The van der Waals surface area contributed by atoms with E-state index in [1.807, 2.05) is 46.0 Å². The minimum absolute atomic E-state index is 0.328. The van der Waals surface area contributed by atoms with Gasteiger partial charge in [-0.05, 0) is 45.5 Å². The molecule has 0 bridgehead atoms. The van der Waals surface area contributed by atoms with Crippen LogP contribution in [-0.4, -0.2) is 17.2 Å². The van der Waals surface area contributed by atoms with E-state index in [0.29, 0.717) is 11.7 Å². The molecular weight excluding hydrogens is 294 g/mol. The number of benzene rings is 1. The van der Waals surface area contributed by atoms with Gasteiger partial charge in [-0.2, -0.15) is 4.98 Å². The molecule has 0 aliphatic carbocycles. The Morgan fingerprint density at radius 1 is 1.33 bits per heavy atom. The van der Waals surface area contributed by atoms with Gasteiger partial charge in [0.05, 0.1) is 5.54 Å². The second-order valence-corrected chi connectivity index (χ2v) is 5.67. The van der Waals surface area contributed by atoms with E-state index in [9.17, 15) is 0 Å². The summed E-state index contributed by atoms with van der Waals surface area (Å²) in [6, 6.07) is 6.02. The molecule has 1 aromatic heterocycles. The fourth-order valence-electron chi connectivity index (χ4n) is 1.53. The maximum absolute atomic E-state index is 5.33. The van der Waals surface area contributed by atoms with Crippen molar-refractivity contribution in [1.29, 1.82) is 0 Å². The van der Waals surface area contributed by atoms with Crippen molar-refractivity contribution >= 4 is 15.9 Å². The highest BCUT2D eigenvalue weighted by molar-refractivity contribution is 9.10. The predicted molar refractivity (Wildman–Crippen MR) is 74.3 cm³/mol. The maximum atomic E-state index is 5.33. The molecule has 0 aliphatic heterocycles. The van der Waals surface area contributed by atoms with Crippen LogP contribution in [0.3, 0.4) is 0 Å². The normalized spacial score (nSPS) is 11.8. The molecular formula is C13H16BrN3O. The fraction of sp³-hybridized carbons (Fsp3) is 0.385. The Morgan fingerprint density at radius 3 is 2.72 bits per heavy atom. The molecule has 0 amide bonds. The summed E-state index contributed by atoms with van der Waals surface area (Å²) in [6.07, 6.45) is 0. The SMILES string of the molecule is CNC(C)(C)c1nc(-c2cc(Br)ccc2C)no1. The van der Waals surface area contributed by atoms with Crippen LogP contribution in [0.4, 0.5) is 0 Å². The minimum Gasteiger partial charge on any atom is -0.337 e. The first-order valence-corrected chi connectivity index (χ1v) is 6.53. The van der Waals surface area contributed by atoms with Crippen LogP contribution in [0.2, 0.25) is 0 Å². The van der Waals surface area contributed by atoms with Crippen molar-refractivity contribution in [1.82, 2.24) is 15.5 Å². The molecule has 18 heavy (non-hydrogen) atoms. The number of aryl methyl sites for hydroxylation is 1. The van der Waals surface area contributed by atoms with Gasteiger partial charge in [0, 0.05) is 10.0 Å². The summed E-state index contributed by atoms with van der Waals surface area (Å²) in [5.74, 6) is 1.20. The molecule has 0 fully saturated rings. The van der Waals surface area contributed by atoms with Crippen LogP contribution in [0, 0.1) is 6.92 Å². The zero-order valence-corrected chi connectivity index (χ0v) is 12.5. The molecule has 5 heteroatoms. The first kappa shape index (κ1) is 13.2. The predicted octanol–water partition coefficient (Wildman–Crippen LogP) is 3.26. The number of nitrogens with one attached hydrogen (secondary N) is 1. The Hall–Kier alpha value is -1.20. The third kappa shape index (κ3) is 2.47. The van der Waals surface area contributed by atoms with Gasteiger partial charge in [0.1, 0.15) is 0 Å². The molecule has 0 spiro atoms. The lowest BCUT2D eigenvalue weighted by Gasteiger charge is -2.17. The number of rotatable bonds is 3. The molecule has 0 radical (unpaired) electrons. The Balaban J connectivity index is 2.44. The summed E-state index contributed by atoms with van der Waals surface area (Å²) in [7, 11) is 1.87. The van der Waals surface area contributed by atoms with Crippen LogP contribution >= 0.6 is 15.9 Å². The highest BCUT2D eigenvalue weighted by Crippen LogP contribution is 2.26. The van der Waals surface area contributed by atoms with E-state index in [2.05, 4.69) is 31.4 Å². The lowest BCUT2D eigenvalue weighted by atomic mass is 10.1. The highest BCUT2D eigenvalue weighted by Gasteiger charge is 2.26. The Labute approximate surface area is 115 Å². The lowest BCUT2D eigenvalue weighted by molar-refractivity contribution is 0.281. The highest BCUT2D eigenvalue weighted by atomic mass is 79.9. The molecule has 0 saturated heterocycles. The van der Waals surface area contributed by atoms with Crippen LogP contribution in [0.1, 0.15) is 25.3 Å². The number of halogens is 1. The minimum atomic E-state index is -0.328. The van der Waals surface area contributed by atoms with Gasteiger partial charge in [-0.1, -0.05) is 27.2 Å². The lowest BCUT2D eigenvalue weighted by Crippen LogP contribution is -2.33. The number of hydrogen-bond acceptors (Lipinski definition) is 4. The van der Waals surface area contributed by atoms with E-state index < -0.39 is 0 Å². The molecule has 0 aliphatic rings. The first-order chi connectivity index (χ1) is 8.44. The van der Waals surface area contributed by atoms with E-state index in [0.717, 1.165) is 15.6 Å². The quantitative estimate of drug-likeness (QED) is 0.945. The summed E-state index contributed by atoms with van der Waals surface area (Å²) in [5, 5.41) is 7.20. The second-order valence-electron chi connectivity index (χ2n) is 4.76. The van der Waals surface area contributed by atoms with Gasteiger partial charge in [-0.25, -0.2) is 0 Å². The van der Waals surface area contributed by atoms with Gasteiger partial charge < -0.3 is 9.84 Å². The molecule has 2 aromatic rings. The second kappa shape index (κ2) is 4.82. The monoisotopic (exact) mass is 309 g/mol. The van der Waals surface area contributed by atoms with Gasteiger partial charge in [0.2, 0.25) is 11.7 Å². The Bertz CT molecular complexity index is 563. The van der Waals surface area contributed by atoms with Gasteiger partial charge in [-0.15, -0.1) is 0 Å². The van der Waals surface area contributed by atoms with Crippen molar-refractivity contribution in [2.24, 2.45) is 0 Å². The molecule has 2 rings (SSSR count). The van der Waals surface area contributed by atoms with E-state index in [1.54, 1.807) is 0 Å². The molecule has 0 atom stereocenters. The van der Waals surface area contributed by atoms with Crippen LogP contribution in [0.5, 0.6) is 0 Å². The van der Waals surface area contributed by atoms with Crippen molar-refractivity contribution in [3.05, 3.63) is 34.1 Å². The molecule has 0 unspecified atom stereocenters. The molecule has 0 saturated carbocycles. The molecule has 96 valence electrons. The van der Waals surface area contributed by atoms with Gasteiger partial charge in [0.25, 0.3) is 0 Å². The Kier molecular flexibility index (Phi) is 3.54. The first-order valence-electron chi connectivity index (χ1n) is 5.73. The molecule has 1 heterocycles. The largest absolute Gasteiger partial charge is 0.337 e. The summed E-state index contributed by atoms with van der Waals surface area (Å²) in [4.78, 5) is 4.46. The van der Waals surface area contributed by atoms with Crippen molar-refractivity contribution in [2.75, 3.05) is 7.05 Å². The smallest absolute Gasteiger partial charge is 0.246 e. The van der Waals surface area contributed by atoms with E-state index >= 15 is 0 Å². The van der Waals surface area contributed by atoms with E-state index in [1.165, 1.54) is 0 Å². The van der Waals surface area contributed by atoms with Crippen LogP contribution in [0.15, 0.2) is 27.2 Å². The van der Waals surface area contributed by atoms with E-state index in [4.69, 9.17) is 4.52 Å². The number of aromatic nitrogens is 2. The van der Waals surface area contributed by atoms with Gasteiger partial charge in [0.15, 0.2) is 0 Å². The topological polar surface area (TPSA) is 51.0 Å². The van der Waals surface area contributed by atoms with Crippen LogP contribution < -0.4 is 5.32 Å². The zero-order chi connectivity index (χ0) is 13.3. The van der Waals surface area contributed by atoms with Crippen LogP contribution in [0.25, 0.3) is 11.4 Å². The van der Waals surface area contributed by atoms with Crippen LogP contribution in [-0.2, 0) is 5.54 Å². The number of hydrogen-bond donors (Lipinski definition) is 1. The summed E-state index contributed by atoms with van der Waals surface area (Å²) < 4.78 is 6.33. The fourth-order valence-corrected chi connectivity index (χ4v) is 1.89. The summed E-state index contributed by atoms with van der Waals surface area (Å²) >= 11 is 3.46. The van der Waals surface area contributed by atoms with Crippen molar-refractivity contribution < 1.29 is 4.52 Å². The average Bonchev–Trinajstić information content (AvgIpc) is 2.82. The van der Waals surface area contributed by atoms with Crippen molar-refractivity contribution in [3.63, 3.8) is 0 Å². The van der Waals surface area contributed by atoms with Gasteiger partial charge >= 0.3 is 0 Å². The Morgan fingerprint density at radius 2 is 2.06 bits per heavy atom. The third-order valence-corrected chi connectivity index (χ3v) is 3.52. The molecule has 4 nitrogen and oxygen atoms in total. The molecule has 1 aromatic carbocycles. The van der Waals surface area contributed by atoms with Gasteiger partial charge in [-0.3, -0.25) is 0 Å². The standard InChI is InChI=1S/C13H16BrN3O/c1-8-5-6-9(14)7-10(8)11-16-12(18-17-11)13(2,3)15-4/h5-7,15H,1-4H3. The zero-order valence-electron chi connectivity index (χ0n) is 10.9. The van der Waals surface area contributed by atoms with Crippen molar-refractivity contribution in [3.8, 4) is 11.4 Å². The number of nitrogens with zero attached hydrogens (tertiary/aromatic N) is 2. The van der Waals surface area contributed by atoms with E-state index in [-0.39, 0.29) is 5.54 Å². The maximum Gasteiger partial charge on any atom is 0.246 e. The summed E-state index contributed by atoms with van der Waals surface area (Å²) in [5.41, 5.74) is 1.77. The average molecular weight is 310 g/mol. The molecule has 1 N–H and O–H groups in total. The van der Waals surface area contributed by atoms with Crippen molar-refractivity contribution in [2.45, 2.75) is 26.3 Å². The summed E-state index contributed by atoms with van der Waals surface area (Å²) in [6.45, 7) is 6.02.